The molecule has 2 heterocycles. The monoisotopic (exact) mass is 362 g/mol. The Hall–Kier alpha value is -2.64. The number of fused-ring (bicyclic) bond motifs is 1. The number of rotatable bonds is 1. The molecule has 0 unspecified atom stereocenters. The summed E-state index contributed by atoms with van der Waals surface area (Å²) < 4.78 is 42.1. The van der Waals surface area contributed by atoms with Crippen molar-refractivity contribution in [2.75, 3.05) is 5.32 Å². The Labute approximate surface area is 147 Å². The van der Waals surface area contributed by atoms with E-state index in [1.807, 2.05) is 13.8 Å². The fourth-order valence-electron chi connectivity index (χ4n) is 3.83. The molecule has 1 aromatic carbocycles. The maximum absolute atomic E-state index is 13.6. The first-order valence-electron chi connectivity index (χ1n) is 8.26. The Morgan fingerprint density at radius 1 is 1.23 bits per heavy atom. The first kappa shape index (κ1) is 16.8. The highest BCUT2D eigenvalue weighted by atomic mass is 19.4. The molecule has 1 N–H and O–H groups in total. The number of carbonyl (C=O) groups excluding carboxylic acids is 1. The highest BCUT2D eigenvalue weighted by Gasteiger charge is 2.44. The van der Waals surface area contributed by atoms with Crippen molar-refractivity contribution in [3.8, 4) is 0 Å². The maximum Gasteiger partial charge on any atom is 0.416 e. The van der Waals surface area contributed by atoms with Gasteiger partial charge in [-0.2, -0.15) is 23.3 Å². The molecule has 0 radical (unpaired) electrons. The van der Waals surface area contributed by atoms with Crippen LogP contribution in [0.1, 0.15) is 43.9 Å². The molecule has 8 heteroatoms. The zero-order valence-corrected chi connectivity index (χ0v) is 14.3. The minimum absolute atomic E-state index is 0.00815. The van der Waals surface area contributed by atoms with Crippen LogP contribution in [0.5, 0.6) is 0 Å². The quantitative estimate of drug-likeness (QED) is 0.834. The molecule has 1 atom stereocenters. The first-order valence-corrected chi connectivity index (χ1v) is 8.26. The molecule has 1 aliphatic heterocycles. The molecular weight excluding hydrogens is 345 g/mol. The van der Waals surface area contributed by atoms with Crippen molar-refractivity contribution in [2.24, 2.45) is 5.41 Å². The number of halogens is 3. The third kappa shape index (κ3) is 2.60. The van der Waals surface area contributed by atoms with Gasteiger partial charge in [0.05, 0.1) is 5.56 Å². The SMILES string of the molecule is CC1(C)CC(=O)C2=C(C1)Nc1ncnn1[C@@H]2c1ccccc1C(F)(F)F. The summed E-state index contributed by atoms with van der Waals surface area (Å²) in [7, 11) is 0. The van der Waals surface area contributed by atoms with Gasteiger partial charge >= 0.3 is 6.18 Å². The number of nitrogens with one attached hydrogen (secondary N) is 1. The first-order chi connectivity index (χ1) is 12.2. The van der Waals surface area contributed by atoms with Crippen molar-refractivity contribution in [2.45, 2.75) is 38.9 Å². The summed E-state index contributed by atoms with van der Waals surface area (Å²) in [4.78, 5) is 17.0. The lowest BCUT2D eigenvalue weighted by Gasteiger charge is -2.38. The van der Waals surface area contributed by atoms with Crippen LogP contribution in [-0.4, -0.2) is 20.5 Å². The van der Waals surface area contributed by atoms with Gasteiger partial charge < -0.3 is 5.32 Å². The number of carbonyl (C=O) groups is 1. The van der Waals surface area contributed by atoms with Gasteiger partial charge in [0.15, 0.2) is 5.78 Å². The number of anilines is 1. The summed E-state index contributed by atoms with van der Waals surface area (Å²) in [5.41, 5.74) is -0.0430. The van der Waals surface area contributed by atoms with Crippen molar-refractivity contribution in [1.82, 2.24) is 14.8 Å². The fourth-order valence-corrected chi connectivity index (χ4v) is 3.83. The Bertz CT molecular complexity index is 927. The van der Waals surface area contributed by atoms with Gasteiger partial charge in [-0.15, -0.1) is 0 Å². The fraction of sp³-hybridized carbons (Fsp3) is 0.389. The lowest BCUT2D eigenvalue weighted by molar-refractivity contribution is -0.138. The summed E-state index contributed by atoms with van der Waals surface area (Å²) in [5, 5.41) is 7.18. The molecule has 26 heavy (non-hydrogen) atoms. The zero-order chi connectivity index (χ0) is 18.7. The van der Waals surface area contributed by atoms with Gasteiger partial charge in [-0.1, -0.05) is 32.0 Å². The predicted molar refractivity (Wildman–Crippen MR) is 88.3 cm³/mol. The molecule has 1 aliphatic carbocycles. The number of ketones is 1. The molecule has 2 aromatic rings. The Morgan fingerprint density at radius 3 is 2.69 bits per heavy atom. The van der Waals surface area contributed by atoms with Crippen LogP contribution in [0.3, 0.4) is 0 Å². The van der Waals surface area contributed by atoms with Crippen LogP contribution in [0.4, 0.5) is 19.1 Å². The number of allylic oxidation sites excluding steroid dienone is 2. The van der Waals surface area contributed by atoms with E-state index >= 15 is 0 Å². The lowest BCUT2D eigenvalue weighted by atomic mass is 9.72. The van der Waals surface area contributed by atoms with Crippen LogP contribution in [0, 0.1) is 5.41 Å². The molecule has 0 amide bonds. The molecule has 0 saturated carbocycles. The van der Waals surface area contributed by atoms with Gasteiger partial charge in [0.25, 0.3) is 0 Å². The second-order valence-electron chi connectivity index (χ2n) is 7.47. The molecule has 4 rings (SSSR count). The summed E-state index contributed by atoms with van der Waals surface area (Å²) in [5.74, 6) is 0.183. The third-order valence-corrected chi connectivity index (χ3v) is 4.83. The Morgan fingerprint density at radius 2 is 1.96 bits per heavy atom. The van der Waals surface area contributed by atoms with Crippen molar-refractivity contribution in [3.05, 3.63) is 53.0 Å². The highest BCUT2D eigenvalue weighted by molar-refractivity contribution is 6.00. The molecule has 1 aromatic heterocycles. The Balaban J connectivity index is 1.96. The smallest absolute Gasteiger partial charge is 0.328 e. The van der Waals surface area contributed by atoms with Crippen LogP contribution < -0.4 is 5.32 Å². The van der Waals surface area contributed by atoms with Crippen molar-refractivity contribution < 1.29 is 18.0 Å². The van der Waals surface area contributed by atoms with E-state index in [4.69, 9.17) is 0 Å². The number of Topliss-reactive ketones (excluding diaryl/α,β-unsaturated/α-hetero) is 1. The van der Waals surface area contributed by atoms with Crippen LogP contribution in [0.15, 0.2) is 41.9 Å². The van der Waals surface area contributed by atoms with E-state index in [0.717, 1.165) is 6.07 Å². The van der Waals surface area contributed by atoms with E-state index in [0.29, 0.717) is 23.6 Å². The van der Waals surface area contributed by atoms with Gasteiger partial charge in [0.2, 0.25) is 5.95 Å². The van der Waals surface area contributed by atoms with Gasteiger partial charge in [-0.05, 0) is 23.5 Å². The second kappa shape index (κ2) is 5.43. The van der Waals surface area contributed by atoms with E-state index < -0.39 is 17.8 Å². The summed E-state index contributed by atoms with van der Waals surface area (Å²) in [6, 6.07) is 4.38. The van der Waals surface area contributed by atoms with Crippen LogP contribution in [0.2, 0.25) is 0 Å². The summed E-state index contributed by atoms with van der Waals surface area (Å²) in [6.45, 7) is 3.93. The largest absolute Gasteiger partial charge is 0.416 e. The third-order valence-electron chi connectivity index (χ3n) is 4.83. The van der Waals surface area contributed by atoms with Crippen molar-refractivity contribution in [3.63, 3.8) is 0 Å². The van der Waals surface area contributed by atoms with Crippen LogP contribution in [-0.2, 0) is 11.0 Å². The number of benzene rings is 1. The number of nitrogens with zero attached hydrogens (tertiary/aromatic N) is 3. The predicted octanol–water partition coefficient (Wildman–Crippen LogP) is 3.96. The summed E-state index contributed by atoms with van der Waals surface area (Å²) in [6.07, 6.45) is -2.41. The maximum atomic E-state index is 13.6. The molecule has 0 bridgehead atoms. The van der Waals surface area contributed by atoms with Gasteiger partial charge in [0.1, 0.15) is 12.4 Å². The van der Waals surface area contributed by atoms with Crippen LogP contribution in [0.25, 0.3) is 0 Å². The average Bonchev–Trinajstić information content (AvgIpc) is 2.98. The minimum Gasteiger partial charge on any atom is -0.328 e. The average molecular weight is 362 g/mol. The topological polar surface area (TPSA) is 59.8 Å². The molecule has 0 saturated heterocycles. The van der Waals surface area contributed by atoms with Gasteiger partial charge in [-0.3, -0.25) is 4.79 Å². The van der Waals surface area contributed by atoms with Crippen LogP contribution >= 0.6 is 0 Å². The second-order valence-corrected chi connectivity index (χ2v) is 7.47. The Kier molecular flexibility index (Phi) is 3.51. The molecule has 2 aliphatic rings. The van der Waals surface area contributed by atoms with E-state index in [1.165, 1.54) is 23.1 Å². The van der Waals surface area contributed by atoms with E-state index in [2.05, 4.69) is 15.4 Å². The molecule has 136 valence electrons. The van der Waals surface area contributed by atoms with Gasteiger partial charge in [-0.25, -0.2) is 4.68 Å². The normalized spacial score (nSPS) is 21.9. The number of hydrogen-bond acceptors (Lipinski definition) is 4. The molecule has 0 fully saturated rings. The molecular formula is C18H17F3N4O. The van der Waals surface area contributed by atoms with Gasteiger partial charge in [0, 0.05) is 17.7 Å². The lowest BCUT2D eigenvalue weighted by Crippen LogP contribution is -2.37. The standard InChI is InChI=1S/C18H17F3N4O/c1-17(2)7-12-14(13(26)8-17)15(25-16(24-12)22-9-23-25)10-5-3-4-6-11(10)18(19,20)21/h3-6,9,15H,7-8H2,1-2H3,(H,22,23,24)/t15-/m1/s1. The van der Waals surface area contributed by atoms with Crippen molar-refractivity contribution >= 4 is 11.7 Å². The van der Waals surface area contributed by atoms with Crippen molar-refractivity contribution in [1.29, 1.82) is 0 Å². The molecule has 5 nitrogen and oxygen atoms in total. The minimum atomic E-state index is -4.53. The van der Waals surface area contributed by atoms with E-state index in [9.17, 15) is 18.0 Å². The number of hydrogen-bond donors (Lipinski definition) is 1. The zero-order valence-electron chi connectivity index (χ0n) is 14.3. The van der Waals surface area contributed by atoms with E-state index in [1.54, 1.807) is 6.07 Å². The highest BCUT2D eigenvalue weighted by Crippen LogP contribution is 2.47. The number of alkyl halides is 3. The van der Waals surface area contributed by atoms with E-state index in [-0.39, 0.29) is 23.2 Å². The molecule has 0 spiro atoms. The number of aromatic nitrogens is 3. The summed E-state index contributed by atoms with van der Waals surface area (Å²) >= 11 is 0.